The Labute approximate surface area is 93.2 Å². The van der Waals surface area contributed by atoms with Crippen LogP contribution in [0.4, 0.5) is 0 Å². The summed E-state index contributed by atoms with van der Waals surface area (Å²) in [6.45, 7) is 1.77. The van der Waals surface area contributed by atoms with E-state index in [1.54, 1.807) is 17.5 Å². The molecule has 1 N–H and O–H groups in total. The Hall–Kier alpha value is -1.26. The molecule has 2 aromatic rings. The van der Waals surface area contributed by atoms with Crippen molar-refractivity contribution in [2.24, 2.45) is 0 Å². The molecule has 0 atom stereocenters. The second-order valence-electron chi connectivity index (χ2n) is 3.22. The van der Waals surface area contributed by atoms with Crippen LogP contribution < -0.4 is 5.32 Å². The molecule has 2 aromatic heterocycles. The van der Waals surface area contributed by atoms with Crippen molar-refractivity contribution in [3.05, 3.63) is 46.4 Å². The maximum absolute atomic E-state index is 4.00. The van der Waals surface area contributed by atoms with Crippen molar-refractivity contribution in [1.82, 2.24) is 15.5 Å². The predicted molar refractivity (Wildman–Crippen MR) is 61.8 cm³/mol. The van der Waals surface area contributed by atoms with Gasteiger partial charge < -0.3 is 5.32 Å². The molecule has 0 unspecified atom stereocenters. The number of hydrogen-bond acceptors (Lipinski definition) is 4. The quantitative estimate of drug-likeness (QED) is 0.780. The first-order valence-corrected chi connectivity index (χ1v) is 5.83. The number of nitrogens with one attached hydrogen (secondary N) is 1. The van der Waals surface area contributed by atoms with Gasteiger partial charge in [-0.05, 0) is 30.0 Å². The molecule has 0 fully saturated rings. The molecule has 0 bridgehead atoms. The van der Waals surface area contributed by atoms with Gasteiger partial charge >= 0.3 is 0 Å². The van der Waals surface area contributed by atoms with Crippen LogP contribution in [0.15, 0.2) is 35.8 Å². The fourth-order valence-electron chi connectivity index (χ4n) is 1.31. The normalized spacial score (nSPS) is 10.4. The van der Waals surface area contributed by atoms with Crippen molar-refractivity contribution < 1.29 is 0 Å². The van der Waals surface area contributed by atoms with Crippen LogP contribution >= 0.6 is 11.3 Å². The van der Waals surface area contributed by atoms with E-state index in [-0.39, 0.29) is 0 Å². The fourth-order valence-corrected chi connectivity index (χ4v) is 2.02. The first-order valence-electron chi connectivity index (χ1n) is 4.95. The number of hydrogen-bond donors (Lipinski definition) is 1. The number of aromatic nitrogens is 2. The minimum absolute atomic E-state index is 0.791. The zero-order chi connectivity index (χ0) is 10.3. The molecule has 0 saturated heterocycles. The van der Waals surface area contributed by atoms with Crippen LogP contribution in [-0.2, 0) is 13.0 Å². The van der Waals surface area contributed by atoms with Crippen molar-refractivity contribution in [1.29, 1.82) is 0 Å². The van der Waals surface area contributed by atoms with Gasteiger partial charge in [0.25, 0.3) is 0 Å². The summed E-state index contributed by atoms with van der Waals surface area (Å²) in [5, 5.41) is 13.3. The molecule has 0 aromatic carbocycles. The first kappa shape index (κ1) is 10.3. The van der Waals surface area contributed by atoms with Gasteiger partial charge in [-0.2, -0.15) is 10.2 Å². The van der Waals surface area contributed by atoms with Crippen LogP contribution in [0, 0.1) is 0 Å². The Bertz CT molecular complexity index is 372. The predicted octanol–water partition coefficient (Wildman–Crippen LogP) is 1.87. The highest BCUT2D eigenvalue weighted by Crippen LogP contribution is 2.08. The van der Waals surface area contributed by atoms with Gasteiger partial charge in [0.15, 0.2) is 0 Å². The summed E-state index contributed by atoms with van der Waals surface area (Å²) in [7, 11) is 0. The molecule has 2 heterocycles. The smallest absolute Gasteiger partial charge is 0.0768 e. The molecule has 2 rings (SSSR count). The lowest BCUT2D eigenvalue weighted by Gasteiger charge is -2.01. The van der Waals surface area contributed by atoms with E-state index in [0.29, 0.717) is 0 Å². The van der Waals surface area contributed by atoms with Gasteiger partial charge in [-0.3, -0.25) is 0 Å². The maximum Gasteiger partial charge on any atom is 0.0768 e. The summed E-state index contributed by atoms with van der Waals surface area (Å²) >= 11 is 1.80. The van der Waals surface area contributed by atoms with Crippen LogP contribution in [0.2, 0.25) is 0 Å². The monoisotopic (exact) mass is 219 g/mol. The van der Waals surface area contributed by atoms with Crippen LogP contribution in [0.25, 0.3) is 0 Å². The fraction of sp³-hybridized carbons (Fsp3) is 0.273. The molecule has 0 aliphatic carbocycles. The summed E-state index contributed by atoms with van der Waals surface area (Å²) in [6, 6.07) is 8.13. The van der Waals surface area contributed by atoms with Crippen molar-refractivity contribution >= 4 is 11.3 Å². The highest BCUT2D eigenvalue weighted by atomic mass is 32.1. The summed E-state index contributed by atoms with van der Waals surface area (Å²) in [5.41, 5.74) is 0.990. The van der Waals surface area contributed by atoms with E-state index in [0.717, 1.165) is 25.2 Å². The topological polar surface area (TPSA) is 37.8 Å². The molecular formula is C11H13N3S. The van der Waals surface area contributed by atoms with E-state index >= 15 is 0 Å². The molecule has 0 aliphatic rings. The number of nitrogens with zero attached hydrogens (tertiary/aromatic N) is 2. The minimum atomic E-state index is 0.791. The summed E-state index contributed by atoms with van der Waals surface area (Å²) in [6.07, 6.45) is 2.77. The third kappa shape index (κ3) is 3.42. The van der Waals surface area contributed by atoms with Crippen LogP contribution in [0.5, 0.6) is 0 Å². The maximum atomic E-state index is 4.00. The van der Waals surface area contributed by atoms with Crippen LogP contribution in [0.1, 0.15) is 10.6 Å². The zero-order valence-corrected chi connectivity index (χ0v) is 9.20. The molecule has 0 saturated carbocycles. The van der Waals surface area contributed by atoms with Crippen molar-refractivity contribution in [3.8, 4) is 0 Å². The molecule has 0 amide bonds. The van der Waals surface area contributed by atoms with Gasteiger partial charge in [0.05, 0.1) is 5.69 Å². The van der Waals surface area contributed by atoms with Gasteiger partial charge in [0, 0.05) is 24.2 Å². The Morgan fingerprint density at radius 3 is 3.00 bits per heavy atom. The first-order chi connectivity index (χ1) is 7.45. The second-order valence-corrected chi connectivity index (χ2v) is 4.25. The van der Waals surface area contributed by atoms with Gasteiger partial charge in [-0.25, -0.2) is 0 Å². The summed E-state index contributed by atoms with van der Waals surface area (Å²) < 4.78 is 0. The third-order valence-electron chi connectivity index (χ3n) is 2.06. The van der Waals surface area contributed by atoms with Crippen molar-refractivity contribution in [2.45, 2.75) is 13.0 Å². The SMILES string of the molecule is c1cnnc(CNCCc2cccs2)c1. The Morgan fingerprint density at radius 1 is 1.27 bits per heavy atom. The van der Waals surface area contributed by atoms with Gasteiger partial charge in [0.2, 0.25) is 0 Å². The average molecular weight is 219 g/mol. The Morgan fingerprint density at radius 2 is 2.27 bits per heavy atom. The summed E-state index contributed by atoms with van der Waals surface area (Å²) in [4.78, 5) is 1.42. The van der Waals surface area contributed by atoms with E-state index in [4.69, 9.17) is 0 Å². The molecule has 0 aliphatic heterocycles. The molecule has 0 spiro atoms. The highest BCUT2D eigenvalue weighted by Gasteiger charge is 1.95. The minimum Gasteiger partial charge on any atom is -0.311 e. The number of thiophene rings is 1. The molecule has 4 heteroatoms. The highest BCUT2D eigenvalue weighted by molar-refractivity contribution is 7.09. The van der Waals surface area contributed by atoms with Crippen molar-refractivity contribution in [2.75, 3.05) is 6.54 Å². The Kier molecular flexibility index (Phi) is 3.82. The van der Waals surface area contributed by atoms with Gasteiger partial charge in [-0.1, -0.05) is 6.07 Å². The zero-order valence-electron chi connectivity index (χ0n) is 8.39. The van der Waals surface area contributed by atoms with E-state index in [1.165, 1.54) is 4.88 Å². The molecule has 0 radical (unpaired) electrons. The largest absolute Gasteiger partial charge is 0.311 e. The lowest BCUT2D eigenvalue weighted by Crippen LogP contribution is -2.17. The lowest BCUT2D eigenvalue weighted by atomic mass is 10.3. The average Bonchev–Trinajstić information content (AvgIpc) is 2.79. The van der Waals surface area contributed by atoms with E-state index in [9.17, 15) is 0 Å². The number of rotatable bonds is 5. The molecule has 78 valence electrons. The third-order valence-corrected chi connectivity index (χ3v) is 3.00. The van der Waals surface area contributed by atoms with E-state index in [1.807, 2.05) is 12.1 Å². The van der Waals surface area contributed by atoms with Crippen molar-refractivity contribution in [3.63, 3.8) is 0 Å². The van der Waals surface area contributed by atoms with E-state index in [2.05, 4.69) is 33.0 Å². The van der Waals surface area contributed by atoms with Crippen LogP contribution in [-0.4, -0.2) is 16.7 Å². The standard InChI is InChI=1S/C11H13N3S/c1-3-10(14-13-6-1)9-12-7-5-11-4-2-8-15-11/h1-4,6,8,12H,5,7,9H2. The Balaban J connectivity index is 1.68. The second kappa shape index (κ2) is 5.58. The molecule has 15 heavy (non-hydrogen) atoms. The summed E-state index contributed by atoms with van der Waals surface area (Å²) in [5.74, 6) is 0. The lowest BCUT2D eigenvalue weighted by molar-refractivity contribution is 0.669. The molecule has 3 nitrogen and oxygen atoms in total. The van der Waals surface area contributed by atoms with Crippen LogP contribution in [0.3, 0.4) is 0 Å². The van der Waals surface area contributed by atoms with Gasteiger partial charge in [-0.15, -0.1) is 11.3 Å². The van der Waals surface area contributed by atoms with Gasteiger partial charge in [0.1, 0.15) is 0 Å². The van der Waals surface area contributed by atoms with E-state index < -0.39 is 0 Å². The molecular weight excluding hydrogens is 206 g/mol.